The maximum absolute atomic E-state index is 12.5. The van der Waals surface area contributed by atoms with Crippen LogP contribution in [0.2, 0.25) is 0 Å². The van der Waals surface area contributed by atoms with E-state index in [1.54, 1.807) is 30.3 Å². The first-order valence-electron chi connectivity index (χ1n) is 11.5. The summed E-state index contributed by atoms with van der Waals surface area (Å²) in [6, 6.07) is 8.06. The second-order valence-electron chi connectivity index (χ2n) is 9.86. The first kappa shape index (κ1) is 25.8. The van der Waals surface area contributed by atoms with Gasteiger partial charge in [0, 0.05) is 23.0 Å². The van der Waals surface area contributed by atoms with Crippen molar-refractivity contribution in [1.29, 1.82) is 0 Å². The van der Waals surface area contributed by atoms with Crippen LogP contribution in [0.15, 0.2) is 46.1 Å². The third kappa shape index (κ3) is 6.86. The zero-order valence-electron chi connectivity index (χ0n) is 20.6. The van der Waals surface area contributed by atoms with Crippen LogP contribution in [0.5, 0.6) is 0 Å². The van der Waals surface area contributed by atoms with Crippen LogP contribution in [0, 0.1) is 5.92 Å². The average Bonchev–Trinajstić information content (AvgIpc) is 2.80. The summed E-state index contributed by atoms with van der Waals surface area (Å²) in [7, 11) is 0. The first-order chi connectivity index (χ1) is 16.5. The molecule has 0 spiro atoms. The Balaban J connectivity index is 1.67. The Labute approximate surface area is 203 Å². The highest BCUT2D eigenvalue weighted by molar-refractivity contribution is 5.94. The number of nitrogens with one attached hydrogen (secondary N) is 4. The fourth-order valence-corrected chi connectivity index (χ4v) is 3.47. The van der Waals surface area contributed by atoms with Gasteiger partial charge in [0.15, 0.2) is 0 Å². The van der Waals surface area contributed by atoms with Crippen molar-refractivity contribution in [1.82, 2.24) is 15.3 Å². The molecule has 0 aliphatic rings. The lowest BCUT2D eigenvalue weighted by molar-refractivity contribution is 0.0908. The number of anilines is 5. The summed E-state index contributed by atoms with van der Waals surface area (Å²) in [5, 5.41) is 21.3. The SMILES string of the molecule is CC(C)C[C@H](CO)NC(=O)c1ccc(Nc2nccc(Nc3c(NC(C)(C)C)c(=O)c3=O)n2)cc1. The van der Waals surface area contributed by atoms with Crippen molar-refractivity contribution in [2.75, 3.05) is 22.6 Å². The molecule has 10 heteroatoms. The zero-order valence-corrected chi connectivity index (χ0v) is 20.6. The van der Waals surface area contributed by atoms with Crippen LogP contribution in [0.25, 0.3) is 0 Å². The molecule has 0 saturated heterocycles. The number of hydrogen-bond acceptors (Lipinski definition) is 9. The fourth-order valence-electron chi connectivity index (χ4n) is 3.47. The van der Waals surface area contributed by atoms with Gasteiger partial charge >= 0.3 is 0 Å². The molecular formula is C25H32N6O4. The minimum absolute atomic E-state index is 0.115. The number of aliphatic hydroxyl groups is 1. The molecule has 0 fully saturated rings. The molecule has 3 rings (SSSR count). The number of amides is 1. The smallest absolute Gasteiger partial charge is 0.253 e. The second-order valence-corrected chi connectivity index (χ2v) is 9.86. The monoisotopic (exact) mass is 480 g/mol. The summed E-state index contributed by atoms with van der Waals surface area (Å²) in [6.45, 7) is 9.63. The number of carbonyl (C=O) groups excluding carboxylic acids is 1. The van der Waals surface area contributed by atoms with E-state index in [9.17, 15) is 19.5 Å². The van der Waals surface area contributed by atoms with Crippen LogP contribution < -0.4 is 32.1 Å². The van der Waals surface area contributed by atoms with Crippen molar-refractivity contribution >= 4 is 34.7 Å². The lowest BCUT2D eigenvalue weighted by Crippen LogP contribution is -2.41. The molecule has 0 aliphatic carbocycles. The van der Waals surface area contributed by atoms with Crippen LogP contribution in [0.3, 0.4) is 0 Å². The number of nitrogens with zero attached hydrogens (tertiary/aromatic N) is 2. The first-order valence-corrected chi connectivity index (χ1v) is 11.5. The Hall–Kier alpha value is -3.79. The van der Waals surface area contributed by atoms with E-state index in [0.29, 0.717) is 29.4 Å². The van der Waals surface area contributed by atoms with Crippen LogP contribution >= 0.6 is 0 Å². The summed E-state index contributed by atoms with van der Waals surface area (Å²) in [4.78, 5) is 45.0. The van der Waals surface area contributed by atoms with Gasteiger partial charge in [-0.1, -0.05) is 13.8 Å². The number of aliphatic hydroxyl groups excluding tert-OH is 1. The summed E-state index contributed by atoms with van der Waals surface area (Å²) in [5.74, 6) is 0.715. The molecule has 3 aromatic rings. The van der Waals surface area contributed by atoms with Gasteiger partial charge in [0.25, 0.3) is 16.8 Å². The number of hydrogen-bond donors (Lipinski definition) is 5. The quantitative estimate of drug-likeness (QED) is 0.276. The lowest BCUT2D eigenvalue weighted by Gasteiger charge is -2.24. The molecule has 186 valence electrons. The van der Waals surface area contributed by atoms with Crippen molar-refractivity contribution in [3.8, 4) is 0 Å². The maximum Gasteiger partial charge on any atom is 0.253 e. The van der Waals surface area contributed by atoms with Gasteiger partial charge in [-0.05, 0) is 63.4 Å². The normalized spacial score (nSPS) is 12.4. The van der Waals surface area contributed by atoms with E-state index in [2.05, 4.69) is 31.2 Å². The molecule has 0 radical (unpaired) electrons. The molecule has 1 atom stereocenters. The summed E-state index contributed by atoms with van der Waals surface area (Å²) < 4.78 is 0. The van der Waals surface area contributed by atoms with Crippen LogP contribution in [0.4, 0.5) is 28.8 Å². The highest BCUT2D eigenvalue weighted by Crippen LogP contribution is 2.23. The number of rotatable bonds is 10. The second kappa shape index (κ2) is 10.6. The molecule has 1 amide bonds. The molecule has 1 heterocycles. The van der Waals surface area contributed by atoms with Crippen molar-refractivity contribution in [2.45, 2.75) is 52.6 Å². The minimum Gasteiger partial charge on any atom is -0.394 e. The predicted molar refractivity (Wildman–Crippen MR) is 138 cm³/mol. The molecule has 1 aromatic heterocycles. The highest BCUT2D eigenvalue weighted by Gasteiger charge is 2.25. The topological polar surface area (TPSA) is 145 Å². The minimum atomic E-state index is -0.601. The third-order valence-electron chi connectivity index (χ3n) is 5.03. The van der Waals surface area contributed by atoms with E-state index in [0.717, 1.165) is 0 Å². The average molecular weight is 481 g/mol. The largest absolute Gasteiger partial charge is 0.394 e. The molecular weight excluding hydrogens is 448 g/mol. The molecule has 5 N–H and O–H groups in total. The Kier molecular flexibility index (Phi) is 7.85. The van der Waals surface area contributed by atoms with Crippen molar-refractivity contribution in [3.63, 3.8) is 0 Å². The molecule has 35 heavy (non-hydrogen) atoms. The Morgan fingerprint density at radius 3 is 2.26 bits per heavy atom. The van der Waals surface area contributed by atoms with Crippen LogP contribution in [0.1, 0.15) is 51.4 Å². The van der Waals surface area contributed by atoms with Gasteiger partial charge in [0.2, 0.25) is 5.95 Å². The number of carbonyl (C=O) groups is 1. The molecule has 0 aliphatic heterocycles. The van der Waals surface area contributed by atoms with Gasteiger partial charge in [-0.3, -0.25) is 14.4 Å². The van der Waals surface area contributed by atoms with E-state index in [1.165, 1.54) is 6.20 Å². The Morgan fingerprint density at radius 2 is 1.66 bits per heavy atom. The zero-order chi connectivity index (χ0) is 25.8. The summed E-state index contributed by atoms with van der Waals surface area (Å²) in [6.07, 6.45) is 2.21. The maximum atomic E-state index is 12.5. The Morgan fingerprint density at radius 1 is 1.00 bits per heavy atom. The van der Waals surface area contributed by atoms with E-state index < -0.39 is 10.9 Å². The fraction of sp³-hybridized carbons (Fsp3) is 0.400. The van der Waals surface area contributed by atoms with Crippen molar-refractivity contribution in [3.05, 3.63) is 62.5 Å². The molecule has 0 saturated carbocycles. The standard InChI is InChI=1S/C25H32N6O4/c1-14(2)12-17(13-32)27-23(35)15-6-8-16(9-7-15)28-24-26-11-10-18(30-24)29-19-20(22(34)21(19)33)31-25(3,4)5/h6-11,14,17,31-32H,12-13H2,1-5H3,(H,27,35)(H2,26,28,29,30)/t17-/m1/s1. The van der Waals surface area contributed by atoms with Crippen molar-refractivity contribution in [2.24, 2.45) is 5.92 Å². The van der Waals surface area contributed by atoms with Gasteiger partial charge in [0.05, 0.1) is 12.6 Å². The number of benzene rings is 1. The van der Waals surface area contributed by atoms with E-state index in [4.69, 9.17) is 0 Å². The summed E-state index contributed by atoms with van der Waals surface area (Å²) in [5.41, 5.74) is -0.0150. The lowest BCUT2D eigenvalue weighted by atomic mass is 10.0. The highest BCUT2D eigenvalue weighted by atomic mass is 16.3. The van der Waals surface area contributed by atoms with Crippen LogP contribution in [-0.4, -0.2) is 39.2 Å². The molecule has 10 nitrogen and oxygen atoms in total. The van der Waals surface area contributed by atoms with E-state index >= 15 is 0 Å². The van der Waals surface area contributed by atoms with E-state index in [1.807, 2.05) is 34.6 Å². The van der Waals surface area contributed by atoms with Gasteiger partial charge in [0.1, 0.15) is 17.2 Å². The van der Waals surface area contributed by atoms with Crippen molar-refractivity contribution < 1.29 is 9.90 Å². The van der Waals surface area contributed by atoms with E-state index in [-0.39, 0.29) is 41.4 Å². The van der Waals surface area contributed by atoms with Gasteiger partial charge in [-0.15, -0.1) is 0 Å². The molecule has 0 unspecified atom stereocenters. The van der Waals surface area contributed by atoms with Gasteiger partial charge < -0.3 is 26.4 Å². The van der Waals surface area contributed by atoms with Gasteiger partial charge in [-0.2, -0.15) is 4.98 Å². The molecule has 2 aromatic carbocycles. The van der Waals surface area contributed by atoms with Crippen LogP contribution in [-0.2, 0) is 0 Å². The van der Waals surface area contributed by atoms with Gasteiger partial charge in [-0.25, -0.2) is 4.98 Å². The third-order valence-corrected chi connectivity index (χ3v) is 5.03. The molecule has 0 bridgehead atoms. The summed E-state index contributed by atoms with van der Waals surface area (Å²) >= 11 is 0. The number of aromatic nitrogens is 2. The Bertz CT molecular complexity index is 1240. The predicted octanol–water partition coefficient (Wildman–Crippen LogP) is 2.91.